The van der Waals surface area contributed by atoms with Crippen LogP contribution >= 0.6 is 0 Å². The number of carbonyl (C=O) groups excluding carboxylic acids is 1. The molecule has 3 unspecified atom stereocenters. The number of amides is 1. The molecule has 0 aromatic heterocycles. The summed E-state index contributed by atoms with van der Waals surface area (Å²) in [6.45, 7) is 2.04. The van der Waals surface area contributed by atoms with Crippen LogP contribution in [0.3, 0.4) is 0 Å². The Morgan fingerprint density at radius 3 is 2.50 bits per heavy atom. The Bertz CT molecular complexity index is 459. The molecule has 2 fully saturated rings. The topological polar surface area (TPSA) is 46.3 Å². The number of hydrogen-bond acceptors (Lipinski definition) is 2. The molecule has 2 N–H and O–H groups in total. The van der Waals surface area contributed by atoms with Crippen LogP contribution in [-0.4, -0.2) is 23.9 Å². The molecule has 20 heavy (non-hydrogen) atoms. The number of benzene rings is 1. The normalized spacial score (nSPS) is 28.6. The zero-order valence-electron chi connectivity index (χ0n) is 12.0. The third-order valence-corrected chi connectivity index (χ3v) is 5.07. The fourth-order valence-corrected chi connectivity index (χ4v) is 4.05. The van der Waals surface area contributed by atoms with Crippen molar-refractivity contribution in [2.24, 2.45) is 17.6 Å². The van der Waals surface area contributed by atoms with Crippen LogP contribution < -0.4 is 5.73 Å². The van der Waals surface area contributed by atoms with Crippen molar-refractivity contribution in [3.05, 3.63) is 35.9 Å². The van der Waals surface area contributed by atoms with E-state index in [0.29, 0.717) is 0 Å². The Kier molecular flexibility index (Phi) is 4.06. The van der Waals surface area contributed by atoms with Gasteiger partial charge in [-0.15, -0.1) is 0 Å². The third kappa shape index (κ3) is 2.73. The molecule has 1 aliphatic carbocycles. The molecule has 1 saturated heterocycles. The molecule has 1 heterocycles. The standard InChI is InChI=1S/C17H24N2O/c18-17(20)16(14-7-2-1-3-8-14)19-11-10-13-6-4-5-9-15(13)12-19/h1-3,7-8,13,15-16H,4-6,9-12H2,(H2,18,20). The largest absolute Gasteiger partial charge is 0.368 e. The maximum atomic E-state index is 11.9. The quantitative estimate of drug-likeness (QED) is 0.919. The molecule has 3 atom stereocenters. The molecule has 2 aliphatic rings. The van der Waals surface area contributed by atoms with E-state index in [-0.39, 0.29) is 11.9 Å². The van der Waals surface area contributed by atoms with Gasteiger partial charge in [0.1, 0.15) is 6.04 Å². The predicted molar refractivity (Wildman–Crippen MR) is 80.0 cm³/mol. The van der Waals surface area contributed by atoms with Gasteiger partial charge in [0.25, 0.3) is 0 Å². The molecule has 0 spiro atoms. The van der Waals surface area contributed by atoms with Gasteiger partial charge in [0, 0.05) is 6.54 Å². The molecule has 1 saturated carbocycles. The highest BCUT2D eigenvalue weighted by molar-refractivity contribution is 5.81. The Labute approximate surface area is 121 Å². The smallest absolute Gasteiger partial charge is 0.239 e. The average Bonchev–Trinajstić information content (AvgIpc) is 2.48. The summed E-state index contributed by atoms with van der Waals surface area (Å²) < 4.78 is 0. The first kappa shape index (κ1) is 13.6. The van der Waals surface area contributed by atoms with Gasteiger partial charge in [0.2, 0.25) is 5.91 Å². The first-order valence-electron chi connectivity index (χ1n) is 7.84. The number of likely N-dealkylation sites (tertiary alicyclic amines) is 1. The Balaban J connectivity index is 1.77. The molecular weight excluding hydrogens is 248 g/mol. The molecule has 1 amide bonds. The van der Waals surface area contributed by atoms with Crippen molar-refractivity contribution in [2.75, 3.05) is 13.1 Å². The maximum Gasteiger partial charge on any atom is 0.239 e. The van der Waals surface area contributed by atoms with Crippen LogP contribution in [0.1, 0.15) is 43.7 Å². The highest BCUT2D eigenvalue weighted by Gasteiger charge is 2.35. The number of rotatable bonds is 3. The van der Waals surface area contributed by atoms with Crippen molar-refractivity contribution >= 4 is 5.91 Å². The molecule has 1 aromatic rings. The van der Waals surface area contributed by atoms with Crippen molar-refractivity contribution in [3.8, 4) is 0 Å². The van der Waals surface area contributed by atoms with E-state index in [1.165, 1.54) is 32.1 Å². The van der Waals surface area contributed by atoms with Crippen molar-refractivity contribution < 1.29 is 4.79 Å². The van der Waals surface area contributed by atoms with E-state index in [1.807, 2.05) is 30.3 Å². The summed E-state index contributed by atoms with van der Waals surface area (Å²) in [5.74, 6) is 1.43. The first-order chi connectivity index (χ1) is 9.75. The number of hydrogen-bond donors (Lipinski definition) is 1. The lowest BCUT2D eigenvalue weighted by atomic mass is 9.74. The summed E-state index contributed by atoms with van der Waals surface area (Å²) in [6, 6.07) is 9.73. The van der Waals surface area contributed by atoms with Crippen LogP contribution in [0.4, 0.5) is 0 Å². The second-order valence-electron chi connectivity index (χ2n) is 6.30. The van der Waals surface area contributed by atoms with E-state index < -0.39 is 0 Å². The van der Waals surface area contributed by atoms with Crippen LogP contribution in [0.2, 0.25) is 0 Å². The van der Waals surface area contributed by atoms with E-state index in [2.05, 4.69) is 4.90 Å². The Hall–Kier alpha value is -1.35. The van der Waals surface area contributed by atoms with Crippen LogP contribution in [-0.2, 0) is 4.79 Å². The molecule has 1 aromatic carbocycles. The number of piperidine rings is 1. The van der Waals surface area contributed by atoms with Gasteiger partial charge in [0.15, 0.2) is 0 Å². The monoisotopic (exact) mass is 272 g/mol. The minimum absolute atomic E-state index is 0.217. The fourth-order valence-electron chi connectivity index (χ4n) is 4.05. The minimum Gasteiger partial charge on any atom is -0.368 e. The summed E-state index contributed by atoms with van der Waals surface area (Å²) in [7, 11) is 0. The van der Waals surface area contributed by atoms with Gasteiger partial charge in [-0.2, -0.15) is 0 Å². The molecule has 3 rings (SSSR count). The zero-order valence-corrected chi connectivity index (χ0v) is 12.0. The van der Waals surface area contributed by atoms with E-state index >= 15 is 0 Å². The highest BCUT2D eigenvalue weighted by atomic mass is 16.1. The van der Waals surface area contributed by atoms with Crippen molar-refractivity contribution in [1.29, 1.82) is 0 Å². The lowest BCUT2D eigenvalue weighted by Crippen LogP contribution is -2.47. The molecule has 0 bridgehead atoms. The second kappa shape index (κ2) is 5.96. The lowest BCUT2D eigenvalue weighted by Gasteiger charge is -2.43. The SMILES string of the molecule is NC(=O)C(c1ccccc1)N1CCC2CCCCC2C1. The van der Waals surface area contributed by atoms with Gasteiger partial charge in [-0.1, -0.05) is 49.6 Å². The van der Waals surface area contributed by atoms with Crippen LogP contribution in [0.25, 0.3) is 0 Å². The van der Waals surface area contributed by atoms with Crippen molar-refractivity contribution in [1.82, 2.24) is 4.90 Å². The molecule has 3 heteroatoms. The summed E-state index contributed by atoms with van der Waals surface area (Å²) >= 11 is 0. The Morgan fingerprint density at radius 2 is 1.80 bits per heavy atom. The van der Waals surface area contributed by atoms with Crippen LogP contribution in [0.5, 0.6) is 0 Å². The van der Waals surface area contributed by atoms with Crippen LogP contribution in [0.15, 0.2) is 30.3 Å². The van der Waals surface area contributed by atoms with E-state index in [1.54, 1.807) is 0 Å². The fraction of sp³-hybridized carbons (Fsp3) is 0.588. The van der Waals surface area contributed by atoms with E-state index in [0.717, 1.165) is 30.5 Å². The molecule has 1 aliphatic heterocycles. The van der Waals surface area contributed by atoms with Gasteiger partial charge < -0.3 is 5.73 Å². The van der Waals surface area contributed by atoms with Gasteiger partial charge in [0.05, 0.1) is 0 Å². The van der Waals surface area contributed by atoms with Gasteiger partial charge in [-0.3, -0.25) is 9.69 Å². The first-order valence-corrected chi connectivity index (χ1v) is 7.84. The van der Waals surface area contributed by atoms with Crippen molar-refractivity contribution in [2.45, 2.75) is 38.1 Å². The average molecular weight is 272 g/mol. The van der Waals surface area contributed by atoms with Gasteiger partial charge in [-0.05, 0) is 36.8 Å². The molecular formula is C17H24N2O. The molecule has 3 nitrogen and oxygen atoms in total. The number of nitrogens with zero attached hydrogens (tertiary/aromatic N) is 1. The van der Waals surface area contributed by atoms with Gasteiger partial charge >= 0.3 is 0 Å². The Morgan fingerprint density at radius 1 is 1.10 bits per heavy atom. The third-order valence-electron chi connectivity index (χ3n) is 5.07. The van der Waals surface area contributed by atoms with E-state index in [4.69, 9.17) is 5.73 Å². The summed E-state index contributed by atoms with van der Waals surface area (Å²) in [5, 5.41) is 0. The number of primary amides is 1. The number of nitrogens with two attached hydrogens (primary N) is 1. The lowest BCUT2D eigenvalue weighted by molar-refractivity contribution is -0.124. The minimum atomic E-state index is -0.251. The summed E-state index contributed by atoms with van der Waals surface area (Å²) in [5.41, 5.74) is 6.72. The van der Waals surface area contributed by atoms with Crippen molar-refractivity contribution in [3.63, 3.8) is 0 Å². The summed E-state index contributed by atoms with van der Waals surface area (Å²) in [4.78, 5) is 14.2. The zero-order chi connectivity index (χ0) is 13.9. The number of carbonyl (C=O) groups is 1. The van der Waals surface area contributed by atoms with E-state index in [9.17, 15) is 4.79 Å². The predicted octanol–water partition coefficient (Wildman–Crippen LogP) is 2.73. The highest BCUT2D eigenvalue weighted by Crippen LogP contribution is 2.38. The number of fused-ring (bicyclic) bond motifs is 1. The van der Waals surface area contributed by atoms with Gasteiger partial charge in [-0.25, -0.2) is 0 Å². The van der Waals surface area contributed by atoms with Crippen LogP contribution in [0, 0.1) is 11.8 Å². The second-order valence-corrected chi connectivity index (χ2v) is 6.30. The maximum absolute atomic E-state index is 11.9. The summed E-state index contributed by atoms with van der Waals surface area (Å²) in [6.07, 6.45) is 6.66. The molecule has 0 radical (unpaired) electrons. The molecule has 108 valence electrons.